The van der Waals surface area contributed by atoms with E-state index in [4.69, 9.17) is 0 Å². The second kappa shape index (κ2) is 9.71. The molecule has 1 saturated carbocycles. The Kier molecular flexibility index (Phi) is 7.63. The number of rotatable bonds is 6. The van der Waals surface area contributed by atoms with Crippen molar-refractivity contribution < 1.29 is 0 Å². The Morgan fingerprint density at radius 1 is 0.840 bits per heavy atom. The number of hydrogen-bond donors (Lipinski definition) is 0. The minimum absolute atomic E-state index is 0.721. The van der Waals surface area contributed by atoms with Crippen molar-refractivity contribution in [2.75, 3.05) is 45.8 Å². The third-order valence-electron chi connectivity index (χ3n) is 7.41. The molecule has 0 aromatic carbocycles. The second-order valence-corrected chi connectivity index (χ2v) is 9.28. The maximum atomic E-state index is 2.85. The molecule has 0 aromatic rings. The van der Waals surface area contributed by atoms with E-state index in [1.807, 2.05) is 0 Å². The Morgan fingerprint density at radius 2 is 1.56 bits per heavy atom. The van der Waals surface area contributed by atoms with Crippen molar-refractivity contribution in [1.29, 1.82) is 0 Å². The van der Waals surface area contributed by atoms with E-state index in [0.29, 0.717) is 0 Å². The largest absolute Gasteiger partial charge is 0.303 e. The normalized spacial score (nSPS) is 31.7. The molecule has 3 nitrogen and oxygen atoms in total. The first-order valence-corrected chi connectivity index (χ1v) is 11.4. The molecule has 2 aliphatic heterocycles. The molecule has 2 heterocycles. The SMILES string of the molecule is CCCCN1CCC(C2CCCC(N3CCN(C(C)C)CC3)C2)CC1. The zero-order chi connectivity index (χ0) is 17.6. The van der Waals surface area contributed by atoms with Gasteiger partial charge in [-0.05, 0) is 77.4 Å². The molecule has 3 heteroatoms. The summed E-state index contributed by atoms with van der Waals surface area (Å²) in [5.41, 5.74) is 0. The summed E-state index contributed by atoms with van der Waals surface area (Å²) in [6.45, 7) is 16.3. The molecule has 0 spiro atoms. The lowest BCUT2D eigenvalue weighted by molar-refractivity contribution is 0.0373. The number of piperazine rings is 1. The molecular formula is C22H43N3. The van der Waals surface area contributed by atoms with E-state index < -0.39 is 0 Å². The van der Waals surface area contributed by atoms with Crippen molar-refractivity contribution in [2.24, 2.45) is 11.8 Å². The van der Waals surface area contributed by atoms with Gasteiger partial charge in [-0.25, -0.2) is 0 Å². The molecule has 3 fully saturated rings. The van der Waals surface area contributed by atoms with Gasteiger partial charge >= 0.3 is 0 Å². The molecule has 3 rings (SSSR count). The van der Waals surface area contributed by atoms with E-state index in [1.54, 1.807) is 0 Å². The summed E-state index contributed by atoms with van der Waals surface area (Å²) in [6, 6.07) is 1.62. The van der Waals surface area contributed by atoms with Crippen molar-refractivity contribution in [2.45, 2.75) is 84.2 Å². The first-order valence-electron chi connectivity index (χ1n) is 11.4. The van der Waals surface area contributed by atoms with Crippen LogP contribution in [-0.2, 0) is 0 Å². The maximum Gasteiger partial charge on any atom is 0.0113 e. The van der Waals surface area contributed by atoms with Crippen molar-refractivity contribution in [1.82, 2.24) is 14.7 Å². The van der Waals surface area contributed by atoms with Crippen LogP contribution in [0, 0.1) is 11.8 Å². The molecule has 0 radical (unpaired) electrons. The average molecular weight is 350 g/mol. The zero-order valence-electron chi connectivity index (χ0n) is 17.3. The highest BCUT2D eigenvalue weighted by molar-refractivity contribution is 4.88. The van der Waals surface area contributed by atoms with Gasteiger partial charge in [-0.2, -0.15) is 0 Å². The predicted molar refractivity (Wildman–Crippen MR) is 108 cm³/mol. The second-order valence-electron chi connectivity index (χ2n) is 9.28. The van der Waals surface area contributed by atoms with Gasteiger partial charge in [0.25, 0.3) is 0 Å². The molecule has 2 atom stereocenters. The highest BCUT2D eigenvalue weighted by Crippen LogP contribution is 2.37. The molecular weight excluding hydrogens is 306 g/mol. The fraction of sp³-hybridized carbons (Fsp3) is 1.00. The standard InChI is InChI=1S/C22H43N3/c1-4-5-11-23-12-9-20(10-13-23)21-7-6-8-22(18-21)25-16-14-24(15-17-25)19(2)3/h19-22H,4-18H2,1-3H3. The number of piperidine rings is 1. The van der Waals surface area contributed by atoms with Crippen LogP contribution in [0.1, 0.15) is 72.1 Å². The van der Waals surface area contributed by atoms with E-state index in [9.17, 15) is 0 Å². The van der Waals surface area contributed by atoms with Crippen LogP contribution in [0.15, 0.2) is 0 Å². The number of nitrogens with zero attached hydrogens (tertiary/aromatic N) is 3. The van der Waals surface area contributed by atoms with Gasteiger partial charge in [0, 0.05) is 38.3 Å². The van der Waals surface area contributed by atoms with E-state index in [0.717, 1.165) is 23.9 Å². The Bertz CT molecular complexity index is 367. The maximum absolute atomic E-state index is 2.85. The summed E-state index contributed by atoms with van der Waals surface area (Å²) in [5, 5.41) is 0. The van der Waals surface area contributed by atoms with Crippen molar-refractivity contribution in [3.8, 4) is 0 Å². The fourth-order valence-electron chi connectivity index (χ4n) is 5.61. The van der Waals surface area contributed by atoms with E-state index in [-0.39, 0.29) is 0 Å². The summed E-state index contributed by atoms with van der Waals surface area (Å²) in [7, 11) is 0. The van der Waals surface area contributed by atoms with E-state index >= 15 is 0 Å². The predicted octanol–water partition coefficient (Wildman–Crippen LogP) is 4.08. The lowest BCUT2D eigenvalue weighted by Gasteiger charge is -2.45. The van der Waals surface area contributed by atoms with Gasteiger partial charge in [-0.15, -0.1) is 0 Å². The Labute approximate surface area is 157 Å². The van der Waals surface area contributed by atoms with Crippen LogP contribution in [0.2, 0.25) is 0 Å². The molecule has 25 heavy (non-hydrogen) atoms. The minimum atomic E-state index is 0.721. The molecule has 0 amide bonds. The Morgan fingerprint density at radius 3 is 2.20 bits per heavy atom. The highest BCUT2D eigenvalue weighted by Gasteiger charge is 2.34. The summed E-state index contributed by atoms with van der Waals surface area (Å²) in [4.78, 5) is 8.23. The summed E-state index contributed by atoms with van der Waals surface area (Å²) in [5.74, 6) is 2.05. The monoisotopic (exact) mass is 349 g/mol. The highest BCUT2D eigenvalue weighted by atomic mass is 15.3. The zero-order valence-corrected chi connectivity index (χ0v) is 17.3. The van der Waals surface area contributed by atoms with Gasteiger partial charge in [0.2, 0.25) is 0 Å². The lowest BCUT2D eigenvalue weighted by atomic mass is 9.73. The van der Waals surface area contributed by atoms with Crippen LogP contribution >= 0.6 is 0 Å². The fourth-order valence-corrected chi connectivity index (χ4v) is 5.61. The van der Waals surface area contributed by atoms with Crippen LogP contribution in [0.3, 0.4) is 0 Å². The van der Waals surface area contributed by atoms with Gasteiger partial charge in [0.1, 0.15) is 0 Å². The molecule has 0 bridgehead atoms. The van der Waals surface area contributed by atoms with Crippen LogP contribution in [0.25, 0.3) is 0 Å². The number of likely N-dealkylation sites (tertiary alicyclic amines) is 1. The topological polar surface area (TPSA) is 9.72 Å². The first kappa shape index (κ1) is 19.6. The van der Waals surface area contributed by atoms with Gasteiger partial charge in [0.15, 0.2) is 0 Å². The number of unbranched alkanes of at least 4 members (excludes halogenated alkanes) is 1. The van der Waals surface area contributed by atoms with Crippen molar-refractivity contribution in [3.63, 3.8) is 0 Å². The average Bonchev–Trinajstić information content (AvgIpc) is 2.67. The third-order valence-corrected chi connectivity index (χ3v) is 7.41. The van der Waals surface area contributed by atoms with Gasteiger partial charge in [0.05, 0.1) is 0 Å². The van der Waals surface area contributed by atoms with Gasteiger partial charge in [-0.3, -0.25) is 9.80 Å². The van der Waals surface area contributed by atoms with Crippen molar-refractivity contribution in [3.05, 3.63) is 0 Å². The molecule has 1 aliphatic carbocycles. The van der Waals surface area contributed by atoms with E-state index in [2.05, 4.69) is 35.5 Å². The summed E-state index contributed by atoms with van der Waals surface area (Å²) < 4.78 is 0. The third kappa shape index (κ3) is 5.43. The Hall–Kier alpha value is -0.120. The van der Waals surface area contributed by atoms with Gasteiger partial charge < -0.3 is 4.90 Å². The lowest BCUT2D eigenvalue weighted by Crippen LogP contribution is -2.53. The number of hydrogen-bond acceptors (Lipinski definition) is 3. The summed E-state index contributed by atoms with van der Waals surface area (Å²) >= 11 is 0. The summed E-state index contributed by atoms with van der Waals surface area (Å²) in [6.07, 6.45) is 11.6. The molecule has 0 N–H and O–H groups in total. The minimum Gasteiger partial charge on any atom is -0.303 e. The molecule has 0 aromatic heterocycles. The molecule has 2 unspecified atom stereocenters. The van der Waals surface area contributed by atoms with Crippen LogP contribution < -0.4 is 0 Å². The Balaban J connectivity index is 1.43. The quantitative estimate of drug-likeness (QED) is 0.715. The van der Waals surface area contributed by atoms with Crippen LogP contribution in [0.4, 0.5) is 0 Å². The smallest absolute Gasteiger partial charge is 0.0113 e. The molecule has 2 saturated heterocycles. The molecule has 146 valence electrons. The first-order chi connectivity index (χ1) is 12.2. The van der Waals surface area contributed by atoms with Crippen LogP contribution in [0.5, 0.6) is 0 Å². The van der Waals surface area contributed by atoms with E-state index in [1.165, 1.54) is 97.2 Å². The molecule has 3 aliphatic rings. The van der Waals surface area contributed by atoms with Gasteiger partial charge in [-0.1, -0.05) is 26.2 Å². The van der Waals surface area contributed by atoms with Crippen molar-refractivity contribution >= 4 is 0 Å². The van der Waals surface area contributed by atoms with Crippen LogP contribution in [-0.4, -0.2) is 72.6 Å².